The first-order valence-corrected chi connectivity index (χ1v) is 17.5. The predicted molar refractivity (Wildman–Crippen MR) is 173 cm³/mol. The van der Waals surface area contributed by atoms with E-state index in [1.807, 2.05) is 57.2 Å². The van der Waals surface area contributed by atoms with E-state index in [0.29, 0.717) is 17.0 Å². The van der Waals surface area contributed by atoms with E-state index in [9.17, 15) is 13.2 Å². The Bertz CT molecular complexity index is 1590. The monoisotopic (exact) mass is 599 g/mol. The van der Waals surface area contributed by atoms with E-state index < -0.39 is 16.1 Å². The molecule has 1 aliphatic carbocycles. The van der Waals surface area contributed by atoms with Gasteiger partial charge in [-0.15, -0.1) is 0 Å². The predicted octanol–water partition coefficient (Wildman–Crippen LogP) is 6.69. The maximum Gasteiger partial charge on any atom is 0.265 e. The maximum absolute atomic E-state index is 14.4. The molecule has 0 spiro atoms. The summed E-state index contributed by atoms with van der Waals surface area (Å²) in [6.07, 6.45) is 8.38. The molecule has 1 unspecified atom stereocenters. The Labute approximate surface area is 257 Å². The number of likely N-dealkylation sites (tertiary alicyclic amines) is 1. The Hall–Kier alpha value is -3.16. The number of para-hydroxylation sites is 1. The summed E-state index contributed by atoms with van der Waals surface area (Å²) in [4.78, 5) is 16.6. The van der Waals surface area contributed by atoms with E-state index in [-0.39, 0.29) is 18.4 Å². The Morgan fingerprint density at radius 3 is 2.37 bits per heavy atom. The van der Waals surface area contributed by atoms with Crippen LogP contribution in [0.5, 0.6) is 0 Å². The SMILES string of the molecule is Cc1cc(C)c(S(=O)(=O)N2c3ccccc3CC[C@@H]2CC(=O)NC2CCCc3cc(CN4CCCCC4)ccc32)c(C)c1. The van der Waals surface area contributed by atoms with Gasteiger partial charge in [-0.1, -0.05) is 60.5 Å². The normalized spacial score (nSPS) is 20.8. The van der Waals surface area contributed by atoms with Gasteiger partial charge in [0.15, 0.2) is 0 Å². The van der Waals surface area contributed by atoms with E-state index in [0.717, 1.165) is 54.5 Å². The minimum Gasteiger partial charge on any atom is -0.349 e. The van der Waals surface area contributed by atoms with Crippen LogP contribution in [-0.2, 0) is 34.2 Å². The van der Waals surface area contributed by atoms with Crippen LogP contribution in [0.3, 0.4) is 0 Å². The van der Waals surface area contributed by atoms with E-state index in [1.165, 1.54) is 49.0 Å². The number of fused-ring (bicyclic) bond motifs is 2. The molecular formula is C36H45N3O3S. The zero-order valence-electron chi connectivity index (χ0n) is 25.9. The van der Waals surface area contributed by atoms with Gasteiger partial charge in [-0.2, -0.15) is 0 Å². The highest BCUT2D eigenvalue weighted by Gasteiger charge is 2.39. The quantitative estimate of drug-likeness (QED) is 0.329. The summed E-state index contributed by atoms with van der Waals surface area (Å²) in [5.74, 6) is -0.0859. The van der Waals surface area contributed by atoms with Crippen molar-refractivity contribution in [2.24, 2.45) is 0 Å². The second kappa shape index (κ2) is 12.4. The number of nitrogens with zero attached hydrogens (tertiary/aromatic N) is 2. The number of aryl methyl sites for hydroxylation is 5. The fourth-order valence-corrected chi connectivity index (χ4v) is 9.85. The molecule has 7 heteroatoms. The van der Waals surface area contributed by atoms with Crippen LogP contribution >= 0.6 is 0 Å². The molecule has 1 fully saturated rings. The lowest BCUT2D eigenvalue weighted by molar-refractivity contribution is -0.122. The Kier molecular flexibility index (Phi) is 8.65. The molecule has 0 saturated carbocycles. The van der Waals surface area contributed by atoms with Crippen molar-refractivity contribution in [3.05, 3.63) is 93.5 Å². The Balaban J connectivity index is 1.22. The van der Waals surface area contributed by atoms with Gasteiger partial charge in [0.05, 0.1) is 22.7 Å². The van der Waals surface area contributed by atoms with Crippen LogP contribution in [0.25, 0.3) is 0 Å². The lowest BCUT2D eigenvalue weighted by Gasteiger charge is -2.38. The molecule has 3 aliphatic rings. The van der Waals surface area contributed by atoms with Crippen molar-refractivity contribution in [2.45, 2.75) is 102 Å². The first-order valence-electron chi connectivity index (χ1n) is 16.0. The standard InChI is InChI=1S/C36H45N3O3S/c1-25-20-26(2)36(27(3)21-25)43(41,42)39-31(16-15-29-10-5-6-13-34(29)39)23-35(40)37-33-12-9-11-30-22-28(14-17-32(30)33)24-38-18-7-4-8-19-38/h5-6,10,13-14,17,20-22,31,33H,4,7-9,11-12,15-16,18-19,23-24H2,1-3H3,(H,37,40)/t31-,33?/m1/s1. The van der Waals surface area contributed by atoms with Crippen molar-refractivity contribution in [3.63, 3.8) is 0 Å². The van der Waals surface area contributed by atoms with Crippen molar-refractivity contribution in [1.82, 2.24) is 10.2 Å². The summed E-state index contributed by atoms with van der Waals surface area (Å²) < 4.78 is 30.4. The number of benzene rings is 3. The number of nitrogens with one attached hydrogen (secondary N) is 1. The molecule has 2 aliphatic heterocycles. The highest BCUT2D eigenvalue weighted by molar-refractivity contribution is 7.93. The lowest BCUT2D eigenvalue weighted by Crippen LogP contribution is -2.47. The zero-order chi connectivity index (χ0) is 30.1. The first kappa shape index (κ1) is 29.9. The third-order valence-corrected chi connectivity index (χ3v) is 11.7. The summed E-state index contributed by atoms with van der Waals surface area (Å²) in [5, 5.41) is 3.32. The molecule has 2 heterocycles. The maximum atomic E-state index is 14.4. The fraction of sp³-hybridized carbons (Fsp3) is 0.472. The Morgan fingerprint density at radius 2 is 1.60 bits per heavy atom. The summed E-state index contributed by atoms with van der Waals surface area (Å²) in [6, 6.07) is 17.9. The van der Waals surface area contributed by atoms with Gasteiger partial charge < -0.3 is 5.32 Å². The molecule has 43 heavy (non-hydrogen) atoms. The largest absolute Gasteiger partial charge is 0.349 e. The smallest absolute Gasteiger partial charge is 0.265 e. The highest BCUT2D eigenvalue weighted by Crippen LogP contribution is 2.39. The summed E-state index contributed by atoms with van der Waals surface area (Å²) in [5.41, 5.74) is 8.12. The second-order valence-corrected chi connectivity index (χ2v) is 14.7. The molecule has 3 aromatic carbocycles. The topological polar surface area (TPSA) is 69.7 Å². The zero-order valence-corrected chi connectivity index (χ0v) is 26.7. The van der Waals surface area contributed by atoms with E-state index in [4.69, 9.17) is 0 Å². The van der Waals surface area contributed by atoms with Crippen LogP contribution in [0.4, 0.5) is 5.69 Å². The summed E-state index contributed by atoms with van der Waals surface area (Å²) in [7, 11) is -3.90. The van der Waals surface area contributed by atoms with Gasteiger partial charge in [0.25, 0.3) is 10.0 Å². The highest BCUT2D eigenvalue weighted by atomic mass is 32.2. The molecule has 6 nitrogen and oxygen atoms in total. The van der Waals surface area contributed by atoms with Crippen molar-refractivity contribution < 1.29 is 13.2 Å². The first-order chi connectivity index (χ1) is 20.7. The third-order valence-electron chi connectivity index (χ3n) is 9.56. The van der Waals surface area contributed by atoms with Gasteiger partial charge in [-0.25, -0.2) is 8.42 Å². The van der Waals surface area contributed by atoms with Crippen LogP contribution in [0, 0.1) is 20.8 Å². The Morgan fingerprint density at radius 1 is 0.860 bits per heavy atom. The molecule has 1 N–H and O–H groups in total. The second-order valence-electron chi connectivity index (χ2n) is 12.9. The van der Waals surface area contributed by atoms with Crippen molar-refractivity contribution >= 4 is 21.6 Å². The van der Waals surface area contributed by atoms with Crippen LogP contribution in [-0.4, -0.2) is 38.4 Å². The average Bonchev–Trinajstić information content (AvgIpc) is 2.96. The summed E-state index contributed by atoms with van der Waals surface area (Å²) in [6.45, 7) is 9.07. The van der Waals surface area contributed by atoms with Gasteiger partial charge >= 0.3 is 0 Å². The minimum atomic E-state index is -3.90. The molecule has 0 aromatic heterocycles. The number of piperidine rings is 1. The van der Waals surface area contributed by atoms with Gasteiger partial charge in [0.1, 0.15) is 0 Å². The molecule has 0 radical (unpaired) electrons. The lowest BCUT2D eigenvalue weighted by atomic mass is 9.86. The molecule has 2 atom stereocenters. The van der Waals surface area contributed by atoms with Gasteiger partial charge in [-0.05, 0) is 118 Å². The minimum absolute atomic E-state index is 0.0391. The number of carbonyl (C=O) groups is 1. The average molecular weight is 600 g/mol. The van der Waals surface area contributed by atoms with Crippen LogP contribution < -0.4 is 9.62 Å². The molecule has 3 aromatic rings. The van der Waals surface area contributed by atoms with Crippen molar-refractivity contribution in [2.75, 3.05) is 17.4 Å². The number of amides is 1. The molecule has 1 saturated heterocycles. The van der Waals surface area contributed by atoms with E-state index >= 15 is 0 Å². The summed E-state index contributed by atoms with van der Waals surface area (Å²) >= 11 is 0. The van der Waals surface area contributed by atoms with Crippen LogP contribution in [0.2, 0.25) is 0 Å². The van der Waals surface area contributed by atoms with Crippen LogP contribution in [0.1, 0.15) is 89.9 Å². The van der Waals surface area contributed by atoms with Gasteiger partial charge in [-0.3, -0.25) is 14.0 Å². The third kappa shape index (κ3) is 6.25. The molecular weight excluding hydrogens is 554 g/mol. The number of hydrogen-bond donors (Lipinski definition) is 1. The van der Waals surface area contributed by atoms with Crippen LogP contribution in [0.15, 0.2) is 59.5 Å². The molecule has 0 bridgehead atoms. The van der Waals surface area contributed by atoms with Crippen molar-refractivity contribution in [3.8, 4) is 0 Å². The number of sulfonamides is 1. The molecule has 228 valence electrons. The number of anilines is 1. The van der Waals surface area contributed by atoms with E-state index in [2.05, 4.69) is 28.4 Å². The number of carbonyl (C=O) groups excluding carboxylic acids is 1. The molecule has 6 rings (SSSR count). The molecule has 1 amide bonds. The fourth-order valence-electron chi connectivity index (χ4n) is 7.71. The van der Waals surface area contributed by atoms with Crippen molar-refractivity contribution in [1.29, 1.82) is 0 Å². The van der Waals surface area contributed by atoms with E-state index in [1.54, 1.807) is 4.31 Å². The van der Waals surface area contributed by atoms with Gasteiger partial charge in [0, 0.05) is 13.0 Å². The number of hydrogen-bond acceptors (Lipinski definition) is 4. The number of rotatable bonds is 7. The van der Waals surface area contributed by atoms with Gasteiger partial charge in [0.2, 0.25) is 5.91 Å².